The minimum absolute atomic E-state index is 0.0578. The second kappa shape index (κ2) is 6.48. The van der Waals surface area contributed by atoms with Crippen molar-refractivity contribution in [2.75, 3.05) is 5.73 Å². The predicted octanol–water partition coefficient (Wildman–Crippen LogP) is 5.61. The Kier molecular flexibility index (Phi) is 4.15. The standard InChI is InChI=1S/C20H12Cl2N2O2/c21-12-5-7-13(15(22)10-12)19(25)20-18(23)14-6-4-11(9-17(14)26-20)16-3-1-2-8-24-16/h1-10H,23H2. The van der Waals surface area contributed by atoms with Crippen LogP contribution in [0, 0.1) is 0 Å². The van der Waals surface area contributed by atoms with Gasteiger partial charge in [-0.25, -0.2) is 0 Å². The van der Waals surface area contributed by atoms with Crippen LogP contribution < -0.4 is 5.73 Å². The first-order valence-electron chi connectivity index (χ1n) is 7.78. The summed E-state index contributed by atoms with van der Waals surface area (Å²) in [5.41, 5.74) is 8.90. The molecule has 4 rings (SSSR count). The van der Waals surface area contributed by atoms with Crippen LogP contribution in [-0.2, 0) is 0 Å². The summed E-state index contributed by atoms with van der Waals surface area (Å²) < 4.78 is 5.77. The van der Waals surface area contributed by atoms with E-state index in [1.165, 1.54) is 6.07 Å². The molecule has 0 unspecified atom stereocenters. The summed E-state index contributed by atoms with van der Waals surface area (Å²) in [6, 6.07) is 15.8. The molecule has 2 N–H and O–H groups in total. The van der Waals surface area contributed by atoms with E-state index in [-0.39, 0.29) is 27.8 Å². The van der Waals surface area contributed by atoms with Crippen molar-refractivity contribution in [2.24, 2.45) is 0 Å². The molecule has 2 aromatic heterocycles. The van der Waals surface area contributed by atoms with E-state index in [0.29, 0.717) is 16.0 Å². The fourth-order valence-electron chi connectivity index (χ4n) is 2.77. The highest BCUT2D eigenvalue weighted by molar-refractivity contribution is 6.37. The van der Waals surface area contributed by atoms with Crippen LogP contribution >= 0.6 is 23.2 Å². The summed E-state index contributed by atoms with van der Waals surface area (Å²) in [6.45, 7) is 0. The smallest absolute Gasteiger partial charge is 0.231 e. The molecule has 0 saturated carbocycles. The van der Waals surface area contributed by atoms with E-state index in [2.05, 4.69) is 4.98 Å². The fraction of sp³-hybridized carbons (Fsp3) is 0. The van der Waals surface area contributed by atoms with Crippen molar-refractivity contribution in [2.45, 2.75) is 0 Å². The summed E-state index contributed by atoms with van der Waals surface area (Å²) in [5.74, 6) is -0.331. The third kappa shape index (κ3) is 2.83. The van der Waals surface area contributed by atoms with E-state index < -0.39 is 0 Å². The van der Waals surface area contributed by atoms with E-state index in [1.807, 2.05) is 36.4 Å². The first kappa shape index (κ1) is 16.6. The second-order valence-electron chi connectivity index (χ2n) is 5.72. The first-order chi connectivity index (χ1) is 12.5. The van der Waals surface area contributed by atoms with Crippen LogP contribution in [0.25, 0.3) is 22.2 Å². The third-order valence-electron chi connectivity index (χ3n) is 4.07. The van der Waals surface area contributed by atoms with Crippen molar-refractivity contribution in [1.82, 2.24) is 4.98 Å². The van der Waals surface area contributed by atoms with Gasteiger partial charge in [0.2, 0.25) is 5.78 Å². The number of carbonyl (C=O) groups excluding carboxylic acids is 1. The number of hydrogen-bond acceptors (Lipinski definition) is 4. The summed E-state index contributed by atoms with van der Waals surface area (Å²) in [4.78, 5) is 17.1. The molecule has 6 heteroatoms. The molecule has 0 saturated heterocycles. The van der Waals surface area contributed by atoms with Crippen molar-refractivity contribution >= 4 is 45.6 Å². The van der Waals surface area contributed by atoms with Crippen LogP contribution in [0.1, 0.15) is 16.1 Å². The first-order valence-corrected chi connectivity index (χ1v) is 8.53. The molecule has 26 heavy (non-hydrogen) atoms. The SMILES string of the molecule is Nc1c(C(=O)c2ccc(Cl)cc2Cl)oc2cc(-c3ccccn3)ccc12. The number of nitrogen functional groups attached to an aromatic ring is 1. The molecule has 0 radical (unpaired) electrons. The monoisotopic (exact) mass is 382 g/mol. The highest BCUT2D eigenvalue weighted by Gasteiger charge is 2.22. The lowest BCUT2D eigenvalue weighted by molar-refractivity contribution is 0.101. The molecule has 0 bridgehead atoms. The molecular formula is C20H12Cl2N2O2. The Balaban J connectivity index is 1.81. The molecule has 2 heterocycles. The Morgan fingerprint density at radius 3 is 2.62 bits per heavy atom. The number of benzene rings is 2. The van der Waals surface area contributed by atoms with E-state index in [1.54, 1.807) is 18.3 Å². The lowest BCUT2D eigenvalue weighted by atomic mass is 10.1. The van der Waals surface area contributed by atoms with Gasteiger partial charge in [0.05, 0.1) is 16.4 Å². The maximum atomic E-state index is 12.8. The van der Waals surface area contributed by atoms with Crippen LogP contribution in [0.15, 0.2) is 65.2 Å². The Labute approximate surface area is 159 Å². The topological polar surface area (TPSA) is 69.1 Å². The van der Waals surface area contributed by atoms with Crippen LogP contribution in [0.2, 0.25) is 10.0 Å². The fourth-order valence-corrected chi connectivity index (χ4v) is 3.27. The average molecular weight is 383 g/mol. The largest absolute Gasteiger partial charge is 0.450 e. The minimum atomic E-state index is -0.389. The van der Waals surface area contributed by atoms with Crippen molar-refractivity contribution in [3.05, 3.63) is 82.2 Å². The Morgan fingerprint density at radius 2 is 1.88 bits per heavy atom. The van der Waals surface area contributed by atoms with Crippen molar-refractivity contribution in [1.29, 1.82) is 0 Å². The van der Waals surface area contributed by atoms with Gasteiger partial charge in [0, 0.05) is 27.7 Å². The normalized spacial score (nSPS) is 11.0. The van der Waals surface area contributed by atoms with Crippen LogP contribution in [0.3, 0.4) is 0 Å². The number of nitrogens with two attached hydrogens (primary N) is 1. The Morgan fingerprint density at radius 1 is 1.04 bits per heavy atom. The zero-order chi connectivity index (χ0) is 18.3. The average Bonchev–Trinajstić information content (AvgIpc) is 2.98. The van der Waals surface area contributed by atoms with E-state index in [4.69, 9.17) is 33.4 Å². The highest BCUT2D eigenvalue weighted by Crippen LogP contribution is 2.34. The van der Waals surface area contributed by atoms with Gasteiger partial charge < -0.3 is 10.2 Å². The van der Waals surface area contributed by atoms with Gasteiger partial charge in [0.25, 0.3) is 0 Å². The predicted molar refractivity (Wildman–Crippen MR) is 104 cm³/mol. The molecule has 4 aromatic rings. The van der Waals surface area contributed by atoms with Gasteiger partial charge in [-0.1, -0.05) is 35.3 Å². The molecular weight excluding hydrogens is 371 g/mol. The number of nitrogens with zero attached hydrogens (tertiary/aromatic N) is 1. The molecule has 2 aromatic carbocycles. The van der Waals surface area contributed by atoms with Crippen LogP contribution in [-0.4, -0.2) is 10.8 Å². The molecule has 0 atom stereocenters. The molecule has 0 aliphatic rings. The van der Waals surface area contributed by atoms with Gasteiger partial charge in [-0.3, -0.25) is 9.78 Å². The van der Waals surface area contributed by atoms with Gasteiger partial charge in [0.15, 0.2) is 5.76 Å². The summed E-state index contributed by atoms with van der Waals surface area (Å²) in [7, 11) is 0. The van der Waals surface area contributed by atoms with Crippen molar-refractivity contribution < 1.29 is 9.21 Å². The molecule has 0 amide bonds. The molecule has 0 spiro atoms. The highest BCUT2D eigenvalue weighted by atomic mass is 35.5. The van der Waals surface area contributed by atoms with Crippen LogP contribution in [0.4, 0.5) is 5.69 Å². The quantitative estimate of drug-likeness (QED) is 0.467. The maximum Gasteiger partial charge on any atom is 0.231 e. The lowest BCUT2D eigenvalue weighted by Gasteiger charge is -2.02. The number of furan rings is 1. The number of anilines is 1. The second-order valence-corrected chi connectivity index (χ2v) is 6.57. The maximum absolute atomic E-state index is 12.8. The molecule has 128 valence electrons. The van der Waals surface area contributed by atoms with Gasteiger partial charge >= 0.3 is 0 Å². The van der Waals surface area contributed by atoms with Gasteiger partial charge in [-0.15, -0.1) is 0 Å². The molecule has 0 aliphatic carbocycles. The summed E-state index contributed by atoms with van der Waals surface area (Å²) >= 11 is 12.0. The number of ketones is 1. The van der Waals surface area contributed by atoms with Gasteiger partial charge in [0.1, 0.15) is 5.58 Å². The number of aromatic nitrogens is 1. The van der Waals surface area contributed by atoms with E-state index in [9.17, 15) is 4.79 Å². The number of fused-ring (bicyclic) bond motifs is 1. The van der Waals surface area contributed by atoms with Crippen molar-refractivity contribution in [3.63, 3.8) is 0 Å². The lowest BCUT2D eigenvalue weighted by Crippen LogP contribution is -2.03. The van der Waals surface area contributed by atoms with E-state index >= 15 is 0 Å². The number of rotatable bonds is 3. The number of carbonyl (C=O) groups is 1. The summed E-state index contributed by atoms with van der Waals surface area (Å²) in [6.07, 6.45) is 1.72. The van der Waals surface area contributed by atoms with Crippen molar-refractivity contribution in [3.8, 4) is 11.3 Å². The number of halogens is 2. The summed E-state index contributed by atoms with van der Waals surface area (Å²) in [5, 5.41) is 1.36. The van der Waals surface area contributed by atoms with Gasteiger partial charge in [-0.2, -0.15) is 0 Å². The molecule has 0 fully saturated rings. The number of hydrogen-bond donors (Lipinski definition) is 1. The zero-order valence-corrected chi connectivity index (χ0v) is 14.9. The Hall–Kier alpha value is -2.82. The zero-order valence-electron chi connectivity index (χ0n) is 13.4. The molecule has 0 aliphatic heterocycles. The third-order valence-corrected chi connectivity index (χ3v) is 4.62. The van der Waals surface area contributed by atoms with E-state index in [0.717, 1.165) is 11.3 Å². The molecule has 4 nitrogen and oxygen atoms in total. The van der Waals surface area contributed by atoms with Gasteiger partial charge in [-0.05, 0) is 42.5 Å². The van der Waals surface area contributed by atoms with Crippen LogP contribution in [0.5, 0.6) is 0 Å². The Bertz CT molecular complexity index is 1140. The minimum Gasteiger partial charge on any atom is -0.450 e. The number of pyridine rings is 1.